The largest absolute Gasteiger partial charge is 0.481 e. The van der Waals surface area contributed by atoms with Gasteiger partial charge in [-0.3, -0.25) is 9.59 Å². The molecule has 20 heavy (non-hydrogen) atoms. The summed E-state index contributed by atoms with van der Waals surface area (Å²) in [5.74, 6) is -1.62. The number of halogens is 1. The summed E-state index contributed by atoms with van der Waals surface area (Å²) in [5.41, 5.74) is -0.492. The number of aliphatic carboxylic acids is 1. The van der Waals surface area contributed by atoms with Crippen molar-refractivity contribution < 1.29 is 19.1 Å². The molecule has 0 unspecified atom stereocenters. The van der Waals surface area contributed by atoms with Crippen LogP contribution in [0.1, 0.15) is 33.1 Å². The molecule has 0 aliphatic carbocycles. The summed E-state index contributed by atoms with van der Waals surface area (Å²) in [6.45, 7) is 3.53. The van der Waals surface area contributed by atoms with Gasteiger partial charge in [0.15, 0.2) is 0 Å². The van der Waals surface area contributed by atoms with Crippen molar-refractivity contribution in [3.8, 4) is 0 Å². The summed E-state index contributed by atoms with van der Waals surface area (Å²) in [6.07, 6.45) is 0.715. The monoisotopic (exact) mass is 281 g/mol. The van der Waals surface area contributed by atoms with Crippen LogP contribution in [0.5, 0.6) is 0 Å². The summed E-state index contributed by atoms with van der Waals surface area (Å²) < 4.78 is 12.9. The second-order valence-corrected chi connectivity index (χ2v) is 4.90. The first-order valence-electron chi connectivity index (χ1n) is 6.62. The molecule has 0 aromatic heterocycles. The van der Waals surface area contributed by atoms with Gasteiger partial charge in [-0.05, 0) is 37.1 Å². The van der Waals surface area contributed by atoms with Crippen LogP contribution in [0.3, 0.4) is 0 Å². The van der Waals surface area contributed by atoms with E-state index in [0.29, 0.717) is 18.5 Å². The molecule has 0 aliphatic rings. The van der Waals surface area contributed by atoms with Gasteiger partial charge in [-0.15, -0.1) is 0 Å². The minimum absolute atomic E-state index is 0.0663. The van der Waals surface area contributed by atoms with Gasteiger partial charge in [0.05, 0.1) is 5.41 Å². The Hall–Kier alpha value is -1.91. The van der Waals surface area contributed by atoms with E-state index in [1.807, 2.05) is 0 Å². The first-order chi connectivity index (χ1) is 9.36. The number of anilines is 1. The number of carboxylic acids is 1. The fourth-order valence-electron chi connectivity index (χ4n) is 2.09. The molecule has 1 amide bonds. The minimum atomic E-state index is -1.04. The maximum Gasteiger partial charge on any atom is 0.310 e. The third kappa shape index (κ3) is 3.35. The number of carbonyl (C=O) groups is 2. The molecule has 1 rings (SSSR count). The third-order valence-corrected chi connectivity index (χ3v) is 3.88. The fourth-order valence-corrected chi connectivity index (χ4v) is 2.09. The SMILES string of the molecule is CCC(CC)(CC(=O)N(C)c1ccc(F)cc1)C(=O)O. The third-order valence-electron chi connectivity index (χ3n) is 3.88. The summed E-state index contributed by atoms with van der Waals surface area (Å²) in [5, 5.41) is 9.34. The molecular weight excluding hydrogens is 261 g/mol. The lowest BCUT2D eigenvalue weighted by atomic mass is 9.79. The first-order valence-corrected chi connectivity index (χ1v) is 6.62. The van der Waals surface area contributed by atoms with Gasteiger partial charge in [-0.25, -0.2) is 4.39 Å². The summed E-state index contributed by atoms with van der Waals surface area (Å²) in [7, 11) is 1.56. The molecule has 0 spiro atoms. The Kier molecular flexibility index (Phi) is 5.25. The Morgan fingerprint density at radius 1 is 1.20 bits per heavy atom. The molecule has 0 bridgehead atoms. The Bertz CT molecular complexity index is 480. The van der Waals surface area contributed by atoms with E-state index in [4.69, 9.17) is 0 Å². The maximum atomic E-state index is 12.9. The van der Waals surface area contributed by atoms with E-state index in [-0.39, 0.29) is 18.1 Å². The van der Waals surface area contributed by atoms with Gasteiger partial charge in [-0.2, -0.15) is 0 Å². The van der Waals surface area contributed by atoms with Crippen molar-refractivity contribution in [3.63, 3.8) is 0 Å². The summed E-state index contributed by atoms with van der Waals surface area (Å²) >= 11 is 0. The Labute approximate surface area is 118 Å². The minimum Gasteiger partial charge on any atom is -0.481 e. The van der Waals surface area contributed by atoms with Gasteiger partial charge in [0.1, 0.15) is 5.82 Å². The summed E-state index contributed by atoms with van der Waals surface area (Å²) in [6, 6.07) is 5.52. The molecule has 5 heteroatoms. The van der Waals surface area contributed by atoms with Crippen LogP contribution in [0, 0.1) is 11.2 Å². The molecule has 0 heterocycles. The summed E-state index contributed by atoms with van der Waals surface area (Å²) in [4.78, 5) is 25.0. The van der Waals surface area contributed by atoms with E-state index in [2.05, 4.69) is 0 Å². The quantitative estimate of drug-likeness (QED) is 0.871. The van der Waals surface area contributed by atoms with E-state index in [0.717, 1.165) is 0 Å². The average Bonchev–Trinajstić information content (AvgIpc) is 2.44. The molecule has 1 aromatic carbocycles. The van der Waals surface area contributed by atoms with Gasteiger partial charge >= 0.3 is 5.97 Å². The normalized spacial score (nSPS) is 11.2. The molecule has 0 radical (unpaired) electrons. The highest BCUT2D eigenvalue weighted by atomic mass is 19.1. The van der Waals surface area contributed by atoms with Crippen LogP contribution in [-0.4, -0.2) is 24.0 Å². The molecule has 0 fully saturated rings. The zero-order chi connectivity index (χ0) is 15.3. The van der Waals surface area contributed by atoms with Crippen LogP contribution < -0.4 is 4.90 Å². The number of nitrogens with zero attached hydrogens (tertiary/aromatic N) is 1. The van der Waals surface area contributed by atoms with Crippen LogP contribution in [-0.2, 0) is 9.59 Å². The van der Waals surface area contributed by atoms with Gasteiger partial charge in [0.2, 0.25) is 5.91 Å². The lowest BCUT2D eigenvalue weighted by Gasteiger charge is -2.28. The maximum absolute atomic E-state index is 12.9. The van der Waals surface area contributed by atoms with E-state index < -0.39 is 11.4 Å². The number of carbonyl (C=O) groups excluding carboxylic acids is 1. The number of hydrogen-bond donors (Lipinski definition) is 1. The highest BCUT2D eigenvalue weighted by Crippen LogP contribution is 2.32. The van der Waals surface area contributed by atoms with E-state index in [1.54, 1.807) is 20.9 Å². The highest BCUT2D eigenvalue weighted by molar-refractivity contribution is 5.95. The van der Waals surface area contributed by atoms with Crippen molar-refractivity contribution in [3.05, 3.63) is 30.1 Å². The molecule has 1 N–H and O–H groups in total. The van der Waals surface area contributed by atoms with Crippen molar-refractivity contribution >= 4 is 17.6 Å². The van der Waals surface area contributed by atoms with Gasteiger partial charge in [0.25, 0.3) is 0 Å². The number of amides is 1. The molecule has 0 aliphatic heterocycles. The van der Waals surface area contributed by atoms with Crippen LogP contribution in [0.2, 0.25) is 0 Å². The standard InChI is InChI=1S/C15H20FNO3/c1-4-15(5-2,14(19)20)10-13(18)17(3)12-8-6-11(16)7-9-12/h6-9H,4-5,10H2,1-3H3,(H,19,20). The highest BCUT2D eigenvalue weighted by Gasteiger charge is 2.38. The van der Waals surface area contributed by atoms with Crippen molar-refractivity contribution in [2.24, 2.45) is 5.41 Å². The predicted octanol–water partition coefficient (Wildman–Crippen LogP) is 3.07. The topological polar surface area (TPSA) is 57.6 Å². The Balaban J connectivity index is 2.89. The van der Waals surface area contributed by atoms with Crippen LogP contribution in [0.25, 0.3) is 0 Å². The second kappa shape index (κ2) is 6.50. The zero-order valence-electron chi connectivity index (χ0n) is 12.0. The molecule has 110 valence electrons. The molecular formula is C15H20FNO3. The van der Waals surface area contributed by atoms with Crippen molar-refractivity contribution in [1.29, 1.82) is 0 Å². The molecule has 0 saturated carbocycles. The van der Waals surface area contributed by atoms with Crippen LogP contribution in [0.15, 0.2) is 24.3 Å². The lowest BCUT2D eigenvalue weighted by Crippen LogP contribution is -2.37. The average molecular weight is 281 g/mol. The number of benzene rings is 1. The van der Waals surface area contributed by atoms with E-state index in [1.165, 1.54) is 29.2 Å². The van der Waals surface area contributed by atoms with Crippen LogP contribution in [0.4, 0.5) is 10.1 Å². The van der Waals surface area contributed by atoms with Gasteiger partial charge in [0, 0.05) is 19.2 Å². The van der Waals surface area contributed by atoms with Crippen LogP contribution >= 0.6 is 0 Å². The Morgan fingerprint density at radius 3 is 2.10 bits per heavy atom. The van der Waals surface area contributed by atoms with Crippen molar-refractivity contribution in [2.45, 2.75) is 33.1 Å². The second-order valence-electron chi connectivity index (χ2n) is 4.90. The number of carboxylic acid groups (broad SMARTS) is 1. The van der Waals surface area contributed by atoms with Crippen molar-refractivity contribution in [2.75, 3.05) is 11.9 Å². The first kappa shape index (κ1) is 16.1. The molecule has 0 saturated heterocycles. The number of hydrogen-bond acceptors (Lipinski definition) is 2. The van der Waals surface area contributed by atoms with Crippen molar-refractivity contribution in [1.82, 2.24) is 0 Å². The molecule has 0 atom stereocenters. The lowest BCUT2D eigenvalue weighted by molar-refractivity contribution is -0.152. The predicted molar refractivity (Wildman–Crippen MR) is 75.1 cm³/mol. The molecule has 1 aromatic rings. The fraction of sp³-hybridized carbons (Fsp3) is 0.467. The van der Waals surface area contributed by atoms with E-state index >= 15 is 0 Å². The van der Waals surface area contributed by atoms with E-state index in [9.17, 15) is 19.1 Å². The van der Waals surface area contributed by atoms with Gasteiger partial charge < -0.3 is 10.0 Å². The zero-order valence-corrected chi connectivity index (χ0v) is 12.0. The van der Waals surface area contributed by atoms with Gasteiger partial charge in [-0.1, -0.05) is 13.8 Å². The molecule has 4 nitrogen and oxygen atoms in total. The number of rotatable bonds is 6. The Morgan fingerprint density at radius 2 is 1.70 bits per heavy atom. The smallest absolute Gasteiger partial charge is 0.310 e.